The van der Waals surface area contributed by atoms with Crippen molar-refractivity contribution >= 4 is 28.9 Å². The molecule has 2 N–H and O–H groups in total. The number of ether oxygens (including phenoxy) is 1. The summed E-state index contributed by atoms with van der Waals surface area (Å²) < 4.78 is 24.2. The summed E-state index contributed by atoms with van der Waals surface area (Å²) in [7, 11) is 0. The van der Waals surface area contributed by atoms with Crippen LogP contribution in [-0.4, -0.2) is 64.4 Å². The molecule has 1 aliphatic heterocycles. The number of carboxylic acid groups (broad SMARTS) is 2. The van der Waals surface area contributed by atoms with Gasteiger partial charge in [-0.2, -0.15) is 0 Å². The molecule has 2 heterocycles. The van der Waals surface area contributed by atoms with E-state index in [0.29, 0.717) is 42.6 Å². The molecule has 1 aliphatic rings. The van der Waals surface area contributed by atoms with Crippen molar-refractivity contribution in [2.45, 2.75) is 84.0 Å². The molecule has 0 amide bonds. The molecular weight excluding hydrogens is 519 g/mol. The van der Waals surface area contributed by atoms with Crippen LogP contribution in [0.25, 0.3) is 11.0 Å². The number of unbranched alkanes of at least 4 members (excludes halogenated alkanes) is 6. The lowest BCUT2D eigenvalue weighted by molar-refractivity contribution is -0.145. The number of piperidine rings is 1. The van der Waals surface area contributed by atoms with E-state index in [-0.39, 0.29) is 11.8 Å². The molecule has 1 aromatic carbocycles. The van der Waals surface area contributed by atoms with Crippen LogP contribution in [0.15, 0.2) is 34.9 Å². The number of rotatable bonds is 15. The van der Waals surface area contributed by atoms with E-state index in [9.17, 15) is 18.8 Å². The number of likely N-dealkylation sites (tertiary alicyclic amines) is 1. The highest BCUT2D eigenvalue weighted by Crippen LogP contribution is 2.33. The largest absolute Gasteiger partial charge is 0.478 e. The van der Waals surface area contributed by atoms with E-state index in [1.165, 1.54) is 44.2 Å². The third kappa shape index (κ3) is 12.7. The average Bonchev–Trinajstić information content (AvgIpc) is 3.34. The van der Waals surface area contributed by atoms with Gasteiger partial charge in [0.2, 0.25) is 0 Å². The number of aromatic nitrogens is 1. The van der Waals surface area contributed by atoms with Crippen molar-refractivity contribution in [3.63, 3.8) is 0 Å². The number of esters is 1. The highest BCUT2D eigenvalue weighted by Gasteiger charge is 2.26. The van der Waals surface area contributed by atoms with Crippen molar-refractivity contribution in [3.8, 4) is 0 Å². The van der Waals surface area contributed by atoms with Gasteiger partial charge in [-0.3, -0.25) is 4.79 Å². The first-order valence-corrected chi connectivity index (χ1v) is 14.3. The summed E-state index contributed by atoms with van der Waals surface area (Å²) in [6, 6.07) is 4.64. The predicted molar refractivity (Wildman–Crippen MR) is 150 cm³/mol. The van der Waals surface area contributed by atoms with Crippen molar-refractivity contribution < 1.29 is 38.2 Å². The molecule has 1 atom stereocenters. The maximum absolute atomic E-state index is 13.4. The van der Waals surface area contributed by atoms with E-state index in [1.807, 2.05) is 0 Å². The molecule has 1 fully saturated rings. The number of hydrogen-bond donors (Lipinski definition) is 2. The maximum Gasteiger partial charge on any atom is 0.328 e. The predicted octanol–water partition coefficient (Wildman–Crippen LogP) is 6.18. The van der Waals surface area contributed by atoms with Gasteiger partial charge in [0.05, 0.1) is 12.3 Å². The van der Waals surface area contributed by atoms with E-state index >= 15 is 0 Å². The number of benzene rings is 1. The van der Waals surface area contributed by atoms with Crippen molar-refractivity contribution in [1.29, 1.82) is 0 Å². The Labute approximate surface area is 235 Å². The Morgan fingerprint density at radius 1 is 1.07 bits per heavy atom. The Kier molecular flexibility index (Phi) is 14.9. The van der Waals surface area contributed by atoms with Gasteiger partial charge in [0.1, 0.15) is 5.82 Å². The van der Waals surface area contributed by atoms with Crippen LogP contribution in [0.2, 0.25) is 0 Å². The first-order chi connectivity index (χ1) is 19.2. The summed E-state index contributed by atoms with van der Waals surface area (Å²) in [5, 5.41) is 20.8. The third-order valence-electron chi connectivity index (χ3n) is 6.89. The second kappa shape index (κ2) is 18.1. The lowest BCUT2D eigenvalue weighted by Gasteiger charge is -2.32. The number of carbonyl (C=O) groups excluding carboxylic acids is 1. The summed E-state index contributed by atoms with van der Waals surface area (Å²) in [6.07, 6.45) is 12.1. The van der Waals surface area contributed by atoms with E-state index in [0.717, 1.165) is 56.4 Å². The molecule has 1 saturated heterocycles. The molecule has 10 heteroatoms. The SMILES string of the molecule is CCCCCCCCCC(=O)OCC(C)CN1CCC(c2noc3cc(F)ccc23)CC1.O=C(O)C=CC(=O)O. The van der Waals surface area contributed by atoms with Crippen LogP contribution in [0.1, 0.15) is 89.7 Å². The number of aliphatic carboxylic acids is 2. The third-order valence-corrected chi connectivity index (χ3v) is 6.89. The molecule has 0 spiro atoms. The van der Waals surface area contributed by atoms with Gasteiger partial charge >= 0.3 is 17.9 Å². The highest BCUT2D eigenvalue weighted by atomic mass is 19.1. The molecule has 1 unspecified atom stereocenters. The lowest BCUT2D eigenvalue weighted by Crippen LogP contribution is -2.37. The minimum absolute atomic E-state index is 0.0570. The van der Waals surface area contributed by atoms with E-state index in [4.69, 9.17) is 19.5 Å². The zero-order chi connectivity index (χ0) is 29.3. The molecule has 222 valence electrons. The minimum Gasteiger partial charge on any atom is -0.478 e. The van der Waals surface area contributed by atoms with Crippen molar-refractivity contribution in [1.82, 2.24) is 10.1 Å². The smallest absolute Gasteiger partial charge is 0.328 e. The van der Waals surface area contributed by atoms with Crippen molar-refractivity contribution in [2.75, 3.05) is 26.2 Å². The highest BCUT2D eigenvalue weighted by molar-refractivity contribution is 5.89. The van der Waals surface area contributed by atoms with Crippen LogP contribution < -0.4 is 0 Å². The quantitative estimate of drug-likeness (QED) is 0.148. The number of fused-ring (bicyclic) bond motifs is 1. The number of carboxylic acids is 2. The molecule has 9 nitrogen and oxygen atoms in total. The van der Waals surface area contributed by atoms with E-state index in [2.05, 4.69) is 23.9 Å². The van der Waals surface area contributed by atoms with Gasteiger partial charge in [-0.25, -0.2) is 14.0 Å². The monoisotopic (exact) mass is 562 g/mol. The molecular formula is C30H43FN2O7. The fourth-order valence-corrected chi connectivity index (χ4v) is 4.78. The lowest BCUT2D eigenvalue weighted by atomic mass is 9.91. The van der Waals surface area contributed by atoms with Crippen LogP contribution in [0, 0.1) is 11.7 Å². The van der Waals surface area contributed by atoms with Gasteiger partial charge in [-0.05, 0) is 44.5 Å². The average molecular weight is 563 g/mol. The van der Waals surface area contributed by atoms with Gasteiger partial charge < -0.3 is 24.4 Å². The maximum atomic E-state index is 13.4. The number of carbonyl (C=O) groups is 3. The zero-order valence-electron chi connectivity index (χ0n) is 23.6. The summed E-state index contributed by atoms with van der Waals surface area (Å²) in [5.41, 5.74) is 1.47. The molecule has 0 bridgehead atoms. The van der Waals surface area contributed by atoms with Crippen LogP contribution in [-0.2, 0) is 19.1 Å². The Balaban J connectivity index is 0.000000611. The molecule has 2 aromatic rings. The number of halogens is 1. The van der Waals surface area contributed by atoms with Gasteiger partial charge in [0.25, 0.3) is 0 Å². The summed E-state index contributed by atoms with van der Waals surface area (Å²) in [4.78, 5) is 33.5. The fourth-order valence-electron chi connectivity index (χ4n) is 4.78. The molecule has 0 aliphatic carbocycles. The number of nitrogens with zero attached hydrogens (tertiary/aromatic N) is 2. The van der Waals surface area contributed by atoms with E-state index in [1.54, 1.807) is 6.07 Å². The second-order valence-corrected chi connectivity index (χ2v) is 10.5. The summed E-state index contributed by atoms with van der Waals surface area (Å²) >= 11 is 0. The Bertz CT molecular complexity index is 1080. The van der Waals surface area contributed by atoms with Crippen molar-refractivity contribution in [2.24, 2.45) is 5.92 Å². The Morgan fingerprint density at radius 2 is 1.70 bits per heavy atom. The van der Waals surface area contributed by atoms with Gasteiger partial charge in [-0.15, -0.1) is 0 Å². The van der Waals surface area contributed by atoms with Crippen LogP contribution in [0.4, 0.5) is 4.39 Å². The van der Waals surface area contributed by atoms with Crippen LogP contribution in [0.3, 0.4) is 0 Å². The standard InChI is InChI=1S/C26H39FN2O3.C4H4O4/c1-3-4-5-6-7-8-9-10-25(30)31-19-20(2)18-29-15-13-21(14-16-29)26-23-12-11-22(27)17-24(23)32-28-26;5-3(6)1-2-4(7)8/h11-12,17,20-21H,3-10,13-16,18-19H2,1-2H3;1-2H,(H,5,6)(H,7,8). The Hall–Kier alpha value is -3.27. The Morgan fingerprint density at radius 3 is 2.33 bits per heavy atom. The van der Waals surface area contributed by atoms with Gasteiger partial charge in [0.15, 0.2) is 5.58 Å². The second-order valence-electron chi connectivity index (χ2n) is 10.5. The van der Waals surface area contributed by atoms with Crippen molar-refractivity contribution in [3.05, 3.63) is 41.9 Å². The molecule has 40 heavy (non-hydrogen) atoms. The summed E-state index contributed by atoms with van der Waals surface area (Å²) in [6.45, 7) is 7.76. The molecule has 1 aromatic heterocycles. The first kappa shape index (κ1) is 32.9. The molecule has 0 saturated carbocycles. The van der Waals surface area contributed by atoms with Gasteiger partial charge in [0, 0.05) is 48.4 Å². The zero-order valence-corrected chi connectivity index (χ0v) is 23.6. The first-order valence-electron chi connectivity index (χ1n) is 14.3. The van der Waals surface area contributed by atoms with E-state index < -0.39 is 11.9 Å². The van der Waals surface area contributed by atoms with Gasteiger partial charge in [-0.1, -0.05) is 57.5 Å². The normalized spacial score (nSPS) is 15.1. The number of hydrogen-bond acceptors (Lipinski definition) is 7. The minimum atomic E-state index is -1.26. The van der Waals surface area contributed by atoms with Crippen LogP contribution >= 0.6 is 0 Å². The molecule has 3 rings (SSSR count). The summed E-state index contributed by atoms with van der Waals surface area (Å²) in [5.74, 6) is -2.21. The fraction of sp³-hybridized carbons (Fsp3) is 0.600. The van der Waals surface area contributed by atoms with Crippen LogP contribution in [0.5, 0.6) is 0 Å². The molecule has 0 radical (unpaired) electrons. The topological polar surface area (TPSA) is 130 Å².